The average molecular weight is 549 g/mol. The van der Waals surface area contributed by atoms with E-state index in [9.17, 15) is 27.6 Å². The van der Waals surface area contributed by atoms with Gasteiger partial charge in [-0.05, 0) is 63.6 Å². The fourth-order valence-corrected chi connectivity index (χ4v) is 4.42. The normalized spacial score (nSPS) is 13.9. The first kappa shape index (κ1) is 29.6. The maximum Gasteiger partial charge on any atom is 0.416 e. The first-order chi connectivity index (χ1) is 18.6. The van der Waals surface area contributed by atoms with E-state index < -0.39 is 17.8 Å². The summed E-state index contributed by atoms with van der Waals surface area (Å²) in [7, 11) is 0. The lowest BCUT2D eigenvalue weighted by Gasteiger charge is -2.28. The molecule has 1 aliphatic rings. The largest absolute Gasteiger partial charge is 0.416 e. The second kappa shape index (κ2) is 13.2. The average Bonchev–Trinajstić information content (AvgIpc) is 3.15. The summed E-state index contributed by atoms with van der Waals surface area (Å²) in [5.74, 6) is -0.169. The molecule has 0 aromatic heterocycles. The molecule has 0 radical (unpaired) electrons. The number of benzene rings is 2. The molecule has 0 aliphatic carbocycles. The zero-order chi connectivity index (χ0) is 28.6. The molecule has 0 saturated carbocycles. The smallest absolute Gasteiger partial charge is 0.369 e. The van der Waals surface area contributed by atoms with E-state index in [1.54, 1.807) is 34.9 Å². The third-order valence-electron chi connectivity index (χ3n) is 6.44. The Bertz CT molecular complexity index is 1170. The van der Waals surface area contributed by atoms with Crippen LogP contribution in [0.5, 0.6) is 0 Å². The highest BCUT2D eigenvalue weighted by atomic mass is 19.4. The standard InChI is InChI=1S/C27H35F3N6O3/c1-4-31-25(38)32-21-11-12-23(22(18-21)24(37)34(5-2)6-3)35-13-8-14-36(16-15-35)26(39)33-20-10-7-9-19(17-20)27(28,29)30/h7,9-12,17-18H,4-6,8,13-16H2,1-3H3,(H,33,39)(H2,31,32,38). The van der Waals surface area contributed by atoms with Crippen molar-refractivity contribution in [3.05, 3.63) is 53.6 Å². The van der Waals surface area contributed by atoms with Crippen LogP contribution in [-0.4, -0.2) is 73.6 Å². The van der Waals surface area contributed by atoms with E-state index in [0.717, 1.165) is 12.1 Å². The summed E-state index contributed by atoms with van der Waals surface area (Å²) in [6.07, 6.45) is -3.91. The first-order valence-corrected chi connectivity index (χ1v) is 13.0. The van der Waals surface area contributed by atoms with Gasteiger partial charge in [-0.2, -0.15) is 13.2 Å². The van der Waals surface area contributed by atoms with Crippen LogP contribution >= 0.6 is 0 Å². The minimum atomic E-state index is -4.50. The number of rotatable bonds is 7. The predicted molar refractivity (Wildman–Crippen MR) is 145 cm³/mol. The molecule has 3 rings (SSSR count). The van der Waals surface area contributed by atoms with Crippen LogP contribution in [0.4, 0.5) is 39.8 Å². The van der Waals surface area contributed by atoms with Crippen molar-refractivity contribution < 1.29 is 27.6 Å². The van der Waals surface area contributed by atoms with Crippen LogP contribution in [-0.2, 0) is 6.18 Å². The predicted octanol–water partition coefficient (Wildman–Crippen LogP) is 5.07. The molecule has 0 unspecified atom stereocenters. The lowest BCUT2D eigenvalue weighted by molar-refractivity contribution is -0.137. The van der Waals surface area contributed by atoms with Gasteiger partial charge in [-0.1, -0.05) is 6.07 Å². The molecule has 1 saturated heterocycles. The molecule has 2 aromatic rings. The Morgan fingerprint density at radius 2 is 1.62 bits per heavy atom. The fraction of sp³-hybridized carbons (Fsp3) is 0.444. The van der Waals surface area contributed by atoms with Crippen molar-refractivity contribution in [2.45, 2.75) is 33.4 Å². The van der Waals surface area contributed by atoms with Crippen molar-refractivity contribution >= 4 is 35.0 Å². The first-order valence-electron chi connectivity index (χ1n) is 13.0. The lowest BCUT2D eigenvalue weighted by atomic mass is 10.1. The molecule has 0 spiro atoms. The number of carbonyl (C=O) groups excluding carboxylic acids is 3. The fourth-order valence-electron chi connectivity index (χ4n) is 4.42. The molecule has 3 N–H and O–H groups in total. The molecule has 12 heteroatoms. The van der Waals surface area contributed by atoms with Crippen molar-refractivity contribution in [3.8, 4) is 0 Å². The quantitative estimate of drug-likeness (QED) is 0.450. The number of nitrogens with one attached hydrogen (secondary N) is 3. The van der Waals surface area contributed by atoms with Gasteiger partial charge in [-0.15, -0.1) is 0 Å². The number of hydrogen-bond acceptors (Lipinski definition) is 4. The van der Waals surface area contributed by atoms with Gasteiger partial charge in [-0.25, -0.2) is 9.59 Å². The highest BCUT2D eigenvalue weighted by molar-refractivity contribution is 6.02. The van der Waals surface area contributed by atoms with Crippen LogP contribution in [0.3, 0.4) is 0 Å². The van der Waals surface area contributed by atoms with Gasteiger partial charge in [0, 0.05) is 62.9 Å². The number of nitrogens with zero attached hydrogens (tertiary/aromatic N) is 3. The number of urea groups is 2. The summed E-state index contributed by atoms with van der Waals surface area (Å²) in [6, 6.07) is 8.84. The maximum atomic E-state index is 13.4. The molecule has 9 nitrogen and oxygen atoms in total. The third kappa shape index (κ3) is 7.78. The molecular formula is C27H35F3N6O3. The van der Waals surface area contributed by atoms with E-state index in [1.165, 1.54) is 12.1 Å². The minimum Gasteiger partial charge on any atom is -0.369 e. The molecule has 1 aliphatic heterocycles. The second-order valence-corrected chi connectivity index (χ2v) is 9.03. The Hall–Kier alpha value is -3.96. The zero-order valence-corrected chi connectivity index (χ0v) is 22.4. The SMILES string of the molecule is CCNC(=O)Nc1ccc(N2CCCN(C(=O)Nc3cccc(C(F)(F)F)c3)CC2)c(C(=O)N(CC)CC)c1. The Morgan fingerprint density at radius 1 is 0.897 bits per heavy atom. The van der Waals surface area contributed by atoms with E-state index in [2.05, 4.69) is 16.0 Å². The van der Waals surface area contributed by atoms with Crippen molar-refractivity contribution in [1.82, 2.24) is 15.1 Å². The van der Waals surface area contributed by atoms with Gasteiger partial charge < -0.3 is 30.7 Å². The van der Waals surface area contributed by atoms with Crippen LogP contribution in [0.1, 0.15) is 43.1 Å². The second-order valence-electron chi connectivity index (χ2n) is 9.03. The Labute approximate surface area is 226 Å². The van der Waals surface area contributed by atoms with Crippen LogP contribution in [0.15, 0.2) is 42.5 Å². The molecule has 1 heterocycles. The molecule has 39 heavy (non-hydrogen) atoms. The number of halogens is 3. The Balaban J connectivity index is 1.78. The van der Waals surface area contributed by atoms with E-state index in [1.807, 2.05) is 18.7 Å². The van der Waals surface area contributed by atoms with Crippen molar-refractivity contribution in [2.24, 2.45) is 0 Å². The molecule has 1 fully saturated rings. The van der Waals surface area contributed by atoms with Crippen LogP contribution in [0.2, 0.25) is 0 Å². The summed E-state index contributed by atoms with van der Waals surface area (Å²) in [6.45, 7) is 8.78. The van der Waals surface area contributed by atoms with E-state index in [4.69, 9.17) is 0 Å². The number of anilines is 3. The Morgan fingerprint density at radius 3 is 2.28 bits per heavy atom. The highest BCUT2D eigenvalue weighted by Gasteiger charge is 2.31. The topological polar surface area (TPSA) is 97.0 Å². The van der Waals surface area contributed by atoms with Crippen LogP contribution in [0, 0.1) is 0 Å². The minimum absolute atomic E-state index is 0.0678. The number of amides is 5. The van der Waals surface area contributed by atoms with E-state index in [-0.39, 0.29) is 17.6 Å². The van der Waals surface area contributed by atoms with Gasteiger partial charge >= 0.3 is 18.2 Å². The molecule has 5 amide bonds. The highest BCUT2D eigenvalue weighted by Crippen LogP contribution is 2.31. The molecule has 0 atom stereocenters. The van der Waals surface area contributed by atoms with Crippen molar-refractivity contribution in [1.29, 1.82) is 0 Å². The van der Waals surface area contributed by atoms with Crippen LogP contribution < -0.4 is 20.9 Å². The van der Waals surface area contributed by atoms with Crippen molar-refractivity contribution in [2.75, 3.05) is 61.3 Å². The van der Waals surface area contributed by atoms with Crippen molar-refractivity contribution in [3.63, 3.8) is 0 Å². The summed E-state index contributed by atoms with van der Waals surface area (Å²) in [4.78, 5) is 43.6. The summed E-state index contributed by atoms with van der Waals surface area (Å²) in [5.41, 5.74) is 0.844. The number of hydrogen-bond donors (Lipinski definition) is 3. The Kier molecular flexibility index (Phi) is 10.0. The van der Waals surface area contributed by atoms with Gasteiger partial charge in [0.1, 0.15) is 0 Å². The van der Waals surface area contributed by atoms with Crippen LogP contribution in [0.25, 0.3) is 0 Å². The lowest BCUT2D eigenvalue weighted by Crippen LogP contribution is -2.38. The summed E-state index contributed by atoms with van der Waals surface area (Å²) in [5, 5.41) is 7.97. The third-order valence-corrected chi connectivity index (χ3v) is 6.44. The van der Waals surface area contributed by atoms with E-state index in [0.29, 0.717) is 69.2 Å². The van der Waals surface area contributed by atoms with E-state index >= 15 is 0 Å². The van der Waals surface area contributed by atoms with Gasteiger partial charge in [0.05, 0.1) is 11.1 Å². The molecular weight excluding hydrogens is 513 g/mol. The number of carbonyl (C=O) groups is 3. The summed E-state index contributed by atoms with van der Waals surface area (Å²) >= 11 is 0. The molecule has 2 aromatic carbocycles. The number of alkyl halides is 3. The zero-order valence-electron chi connectivity index (χ0n) is 22.4. The van der Waals surface area contributed by atoms with Gasteiger partial charge in [0.25, 0.3) is 5.91 Å². The molecule has 0 bridgehead atoms. The summed E-state index contributed by atoms with van der Waals surface area (Å²) < 4.78 is 39.1. The van der Waals surface area contributed by atoms with Gasteiger partial charge in [0.15, 0.2) is 0 Å². The monoisotopic (exact) mass is 548 g/mol. The van der Waals surface area contributed by atoms with Gasteiger partial charge in [-0.3, -0.25) is 4.79 Å². The van der Waals surface area contributed by atoms with Gasteiger partial charge in [0.2, 0.25) is 0 Å². The maximum absolute atomic E-state index is 13.4. The molecule has 212 valence electrons.